The van der Waals surface area contributed by atoms with Gasteiger partial charge >= 0.3 is 5.97 Å². The predicted octanol–water partition coefficient (Wildman–Crippen LogP) is 2.81. The maximum absolute atomic E-state index is 11.4. The highest BCUT2D eigenvalue weighted by Crippen LogP contribution is 2.29. The molecule has 0 unspecified atom stereocenters. The van der Waals surface area contributed by atoms with Crippen molar-refractivity contribution in [3.8, 4) is 17.6 Å². The summed E-state index contributed by atoms with van der Waals surface area (Å²) in [6.07, 6.45) is 1.45. The lowest BCUT2D eigenvalue weighted by molar-refractivity contribution is -0.135. The van der Waals surface area contributed by atoms with Gasteiger partial charge in [-0.2, -0.15) is 5.26 Å². The molecule has 0 radical (unpaired) electrons. The molecule has 0 aliphatic heterocycles. The van der Waals surface area contributed by atoms with E-state index >= 15 is 0 Å². The Bertz CT molecular complexity index is 570. The molecule has 0 heterocycles. The monoisotopic (exact) mass is 289 g/mol. The molecule has 1 aromatic carbocycles. The molecule has 0 N–H and O–H groups in total. The Labute approximate surface area is 124 Å². The van der Waals surface area contributed by atoms with Crippen LogP contribution in [0.25, 0.3) is 6.08 Å². The molecule has 0 bridgehead atoms. The summed E-state index contributed by atoms with van der Waals surface area (Å²) >= 11 is 0. The van der Waals surface area contributed by atoms with Crippen molar-refractivity contribution in [1.82, 2.24) is 0 Å². The third-order valence-corrected chi connectivity index (χ3v) is 2.60. The van der Waals surface area contributed by atoms with Gasteiger partial charge in [0.15, 0.2) is 11.5 Å². The van der Waals surface area contributed by atoms with Crippen molar-refractivity contribution >= 4 is 12.0 Å². The van der Waals surface area contributed by atoms with Crippen LogP contribution >= 0.6 is 0 Å². The molecule has 5 heteroatoms. The van der Waals surface area contributed by atoms with E-state index in [1.807, 2.05) is 19.9 Å². The van der Waals surface area contributed by atoms with Crippen molar-refractivity contribution in [3.05, 3.63) is 29.3 Å². The van der Waals surface area contributed by atoms with Crippen LogP contribution in [-0.2, 0) is 9.53 Å². The van der Waals surface area contributed by atoms with E-state index in [9.17, 15) is 4.79 Å². The zero-order chi connectivity index (χ0) is 15.8. The second-order valence-corrected chi connectivity index (χ2v) is 4.78. The summed E-state index contributed by atoms with van der Waals surface area (Å²) in [4.78, 5) is 11.4. The summed E-state index contributed by atoms with van der Waals surface area (Å²) in [5, 5.41) is 8.96. The quantitative estimate of drug-likeness (QED) is 0.457. The highest BCUT2D eigenvalue weighted by molar-refractivity contribution is 5.97. The lowest BCUT2D eigenvalue weighted by atomic mass is 10.1. The smallest absolute Gasteiger partial charge is 0.348 e. The van der Waals surface area contributed by atoms with Gasteiger partial charge in [-0.05, 0) is 29.7 Å². The highest BCUT2D eigenvalue weighted by atomic mass is 16.5. The first kappa shape index (κ1) is 16.6. The number of nitriles is 1. The Morgan fingerprint density at radius 3 is 2.57 bits per heavy atom. The number of benzene rings is 1. The highest BCUT2D eigenvalue weighted by Gasteiger charge is 2.11. The Balaban J connectivity index is 3.10. The second kappa shape index (κ2) is 7.95. The Morgan fingerprint density at radius 2 is 2.05 bits per heavy atom. The van der Waals surface area contributed by atoms with Gasteiger partial charge in [0, 0.05) is 0 Å². The number of hydrogen-bond donors (Lipinski definition) is 0. The largest absolute Gasteiger partial charge is 0.493 e. The molecule has 0 fully saturated rings. The van der Waals surface area contributed by atoms with Crippen molar-refractivity contribution in [1.29, 1.82) is 5.26 Å². The molecule has 21 heavy (non-hydrogen) atoms. The van der Waals surface area contributed by atoms with Gasteiger partial charge in [0.2, 0.25) is 0 Å². The number of hydrogen-bond acceptors (Lipinski definition) is 5. The summed E-state index contributed by atoms with van der Waals surface area (Å²) < 4.78 is 15.5. The molecule has 0 saturated heterocycles. The first-order chi connectivity index (χ1) is 10.0. The van der Waals surface area contributed by atoms with E-state index in [1.165, 1.54) is 13.2 Å². The molecule has 0 aliphatic rings. The molecule has 1 rings (SSSR count). The summed E-state index contributed by atoms with van der Waals surface area (Å²) in [5.74, 6) is 0.878. The molecule has 0 atom stereocenters. The van der Waals surface area contributed by atoms with Crippen molar-refractivity contribution in [2.75, 3.05) is 20.8 Å². The summed E-state index contributed by atoms with van der Waals surface area (Å²) in [7, 11) is 2.79. The molecular weight excluding hydrogens is 270 g/mol. The molecule has 0 spiro atoms. The van der Waals surface area contributed by atoms with Gasteiger partial charge in [0.25, 0.3) is 0 Å². The Kier molecular flexibility index (Phi) is 6.28. The van der Waals surface area contributed by atoms with Gasteiger partial charge in [0.1, 0.15) is 11.6 Å². The zero-order valence-corrected chi connectivity index (χ0v) is 12.7. The minimum atomic E-state index is -0.669. The normalized spacial score (nSPS) is 11.0. The number of esters is 1. The first-order valence-corrected chi connectivity index (χ1v) is 6.52. The number of carbonyl (C=O) groups excluding carboxylic acids is 1. The SMILES string of the molecule is COC(=O)/C(C#N)=C/c1ccc(OC)c(OCC(C)C)c1. The summed E-state index contributed by atoms with van der Waals surface area (Å²) in [5.41, 5.74) is 0.592. The van der Waals surface area contributed by atoms with E-state index in [2.05, 4.69) is 4.74 Å². The van der Waals surface area contributed by atoms with Crippen molar-refractivity contribution < 1.29 is 19.0 Å². The molecule has 112 valence electrons. The van der Waals surface area contributed by atoms with Crippen molar-refractivity contribution in [2.24, 2.45) is 5.92 Å². The average molecular weight is 289 g/mol. The molecule has 5 nitrogen and oxygen atoms in total. The summed E-state index contributed by atoms with van der Waals surface area (Å²) in [6, 6.07) is 7.01. The maximum Gasteiger partial charge on any atom is 0.348 e. The van der Waals surface area contributed by atoms with E-state index in [-0.39, 0.29) is 5.57 Å². The van der Waals surface area contributed by atoms with Crippen LogP contribution in [0.5, 0.6) is 11.5 Å². The number of ether oxygens (including phenoxy) is 3. The van der Waals surface area contributed by atoms with Crippen molar-refractivity contribution in [3.63, 3.8) is 0 Å². The minimum absolute atomic E-state index is 0.0718. The van der Waals surface area contributed by atoms with Crippen LogP contribution < -0.4 is 9.47 Å². The van der Waals surface area contributed by atoms with E-state index in [0.717, 1.165) is 0 Å². The molecule has 0 amide bonds. The average Bonchev–Trinajstić information content (AvgIpc) is 2.49. The number of rotatable bonds is 6. The molecule has 1 aromatic rings. The molecular formula is C16H19NO4. The number of nitrogens with zero attached hydrogens (tertiary/aromatic N) is 1. The van der Waals surface area contributed by atoms with Crippen LogP contribution in [0.4, 0.5) is 0 Å². The van der Waals surface area contributed by atoms with Gasteiger partial charge in [-0.15, -0.1) is 0 Å². The van der Waals surface area contributed by atoms with Gasteiger partial charge < -0.3 is 14.2 Å². The molecule has 0 aromatic heterocycles. The standard InChI is InChI=1S/C16H19NO4/c1-11(2)10-21-15-8-12(5-6-14(15)19-3)7-13(9-17)16(18)20-4/h5-8,11H,10H2,1-4H3/b13-7+. The van der Waals surface area contributed by atoms with E-state index in [4.69, 9.17) is 14.7 Å². The fourth-order valence-corrected chi connectivity index (χ4v) is 1.57. The lowest BCUT2D eigenvalue weighted by Gasteiger charge is -2.13. The number of methoxy groups -OCH3 is 2. The van der Waals surface area contributed by atoms with Crippen LogP contribution in [0.3, 0.4) is 0 Å². The van der Waals surface area contributed by atoms with Gasteiger partial charge in [-0.3, -0.25) is 0 Å². The van der Waals surface area contributed by atoms with E-state index in [1.54, 1.807) is 25.3 Å². The third-order valence-electron chi connectivity index (χ3n) is 2.60. The summed E-state index contributed by atoms with van der Waals surface area (Å²) in [6.45, 7) is 4.63. The van der Waals surface area contributed by atoms with Gasteiger partial charge in [-0.25, -0.2) is 4.79 Å². The van der Waals surface area contributed by atoms with E-state index in [0.29, 0.717) is 29.6 Å². The van der Waals surface area contributed by atoms with Gasteiger partial charge in [-0.1, -0.05) is 19.9 Å². The van der Waals surface area contributed by atoms with Crippen molar-refractivity contribution in [2.45, 2.75) is 13.8 Å². The number of carbonyl (C=O) groups is 1. The predicted molar refractivity (Wildman–Crippen MR) is 78.9 cm³/mol. The topological polar surface area (TPSA) is 68.6 Å². The third kappa shape index (κ3) is 4.84. The van der Waals surface area contributed by atoms with Crippen LogP contribution in [0, 0.1) is 17.2 Å². The first-order valence-electron chi connectivity index (χ1n) is 6.52. The fraction of sp³-hybridized carbons (Fsp3) is 0.375. The Morgan fingerprint density at radius 1 is 1.33 bits per heavy atom. The van der Waals surface area contributed by atoms with Crippen LogP contribution in [-0.4, -0.2) is 26.8 Å². The van der Waals surface area contributed by atoms with Crippen LogP contribution in [0.15, 0.2) is 23.8 Å². The van der Waals surface area contributed by atoms with Gasteiger partial charge in [0.05, 0.1) is 20.8 Å². The lowest BCUT2D eigenvalue weighted by Crippen LogP contribution is -2.06. The van der Waals surface area contributed by atoms with Crippen LogP contribution in [0.1, 0.15) is 19.4 Å². The van der Waals surface area contributed by atoms with E-state index < -0.39 is 5.97 Å². The second-order valence-electron chi connectivity index (χ2n) is 4.78. The molecule has 0 saturated carbocycles. The molecule has 0 aliphatic carbocycles. The fourth-order valence-electron chi connectivity index (χ4n) is 1.57. The maximum atomic E-state index is 11.4. The van der Waals surface area contributed by atoms with Crippen LogP contribution in [0.2, 0.25) is 0 Å². The Hall–Kier alpha value is -2.48. The zero-order valence-electron chi connectivity index (χ0n) is 12.7. The minimum Gasteiger partial charge on any atom is -0.493 e.